The van der Waals surface area contributed by atoms with Crippen molar-refractivity contribution in [2.75, 3.05) is 17.3 Å². The maximum atomic E-state index is 13.1. The average Bonchev–Trinajstić information content (AvgIpc) is 2.49. The van der Waals surface area contributed by atoms with E-state index in [1.807, 2.05) is 0 Å². The lowest BCUT2D eigenvalue weighted by atomic mass is 10.2. The van der Waals surface area contributed by atoms with Crippen molar-refractivity contribution in [3.05, 3.63) is 53.6 Å². The highest BCUT2D eigenvalue weighted by Gasteiger charge is 2.11. The second-order valence-corrected chi connectivity index (χ2v) is 8.23. The van der Waals surface area contributed by atoms with Crippen LogP contribution in [0.1, 0.15) is 5.56 Å². The monoisotopic (exact) mass is 371 g/mol. The van der Waals surface area contributed by atoms with Crippen LogP contribution < -0.4 is 5.32 Å². The summed E-state index contributed by atoms with van der Waals surface area (Å²) in [6, 6.07) is 7.84. The fraction of sp³-hybridized carbons (Fsp3) is 0.188. The van der Waals surface area contributed by atoms with Gasteiger partial charge in [-0.1, -0.05) is 0 Å². The van der Waals surface area contributed by atoms with Crippen LogP contribution in [0.3, 0.4) is 0 Å². The molecule has 0 aliphatic heterocycles. The predicted molar refractivity (Wildman–Crippen MR) is 90.0 cm³/mol. The molecule has 2 aromatic carbocycles. The van der Waals surface area contributed by atoms with Gasteiger partial charge in [0.25, 0.3) is 0 Å². The van der Waals surface area contributed by atoms with Gasteiger partial charge >= 0.3 is 0 Å². The first-order chi connectivity index (χ1) is 11.2. The minimum atomic E-state index is -3.31. The fourth-order valence-corrected chi connectivity index (χ4v) is 3.34. The number of carbonyl (C=O) groups excluding carboxylic acids is 1. The zero-order valence-electron chi connectivity index (χ0n) is 13.0. The number of thioether (sulfide) groups is 1. The molecule has 1 amide bonds. The number of hydrogen-bond acceptors (Lipinski definition) is 4. The van der Waals surface area contributed by atoms with E-state index in [1.54, 1.807) is 6.92 Å². The molecule has 24 heavy (non-hydrogen) atoms. The van der Waals surface area contributed by atoms with Gasteiger partial charge in [-0.3, -0.25) is 4.79 Å². The van der Waals surface area contributed by atoms with Gasteiger partial charge in [-0.2, -0.15) is 0 Å². The molecule has 128 valence electrons. The Balaban J connectivity index is 2.01. The van der Waals surface area contributed by atoms with Gasteiger partial charge in [-0.25, -0.2) is 17.2 Å². The van der Waals surface area contributed by atoms with E-state index in [0.29, 0.717) is 16.1 Å². The molecule has 0 bridgehead atoms. The van der Waals surface area contributed by atoms with Crippen molar-refractivity contribution in [2.45, 2.75) is 16.7 Å². The topological polar surface area (TPSA) is 63.2 Å². The highest BCUT2D eigenvalue weighted by Crippen LogP contribution is 2.22. The molecule has 0 aliphatic carbocycles. The summed E-state index contributed by atoms with van der Waals surface area (Å²) in [5.74, 6) is -2.23. The van der Waals surface area contributed by atoms with Gasteiger partial charge < -0.3 is 5.32 Å². The summed E-state index contributed by atoms with van der Waals surface area (Å²) in [5, 5.41) is 2.66. The highest BCUT2D eigenvalue weighted by molar-refractivity contribution is 8.00. The molecule has 0 atom stereocenters. The normalized spacial score (nSPS) is 11.3. The summed E-state index contributed by atoms with van der Waals surface area (Å²) >= 11 is 1.07. The number of sulfone groups is 1. The number of nitrogens with one attached hydrogen (secondary N) is 1. The van der Waals surface area contributed by atoms with Crippen molar-refractivity contribution < 1.29 is 22.0 Å². The van der Waals surface area contributed by atoms with Crippen LogP contribution in [0.15, 0.2) is 46.2 Å². The molecular formula is C16H15F2NO3S2. The zero-order chi connectivity index (χ0) is 17.9. The Kier molecular flexibility index (Phi) is 5.61. The number of benzene rings is 2. The Morgan fingerprint density at radius 1 is 1.12 bits per heavy atom. The van der Waals surface area contributed by atoms with E-state index in [4.69, 9.17) is 0 Å². The maximum absolute atomic E-state index is 13.1. The standard InChI is InChI=1S/C16H15F2NO3S2/c1-10-7-12(24(2,21)22)4-6-15(10)19-16(20)9-23-11-3-5-13(17)14(18)8-11/h3-8H,9H2,1-2H3,(H,19,20). The number of halogens is 2. The number of anilines is 1. The van der Waals surface area contributed by atoms with Crippen LogP contribution in [0.25, 0.3) is 0 Å². The molecule has 0 saturated heterocycles. The predicted octanol–water partition coefficient (Wildman–Crippen LogP) is 3.41. The largest absolute Gasteiger partial charge is 0.325 e. The average molecular weight is 371 g/mol. The molecule has 0 unspecified atom stereocenters. The first kappa shape index (κ1) is 18.4. The van der Waals surface area contributed by atoms with Crippen molar-refractivity contribution in [3.63, 3.8) is 0 Å². The van der Waals surface area contributed by atoms with Crippen LogP contribution in [-0.2, 0) is 14.6 Å². The molecule has 4 nitrogen and oxygen atoms in total. The third kappa shape index (κ3) is 4.78. The van der Waals surface area contributed by atoms with E-state index < -0.39 is 21.5 Å². The minimum Gasteiger partial charge on any atom is -0.325 e. The van der Waals surface area contributed by atoms with Crippen molar-refractivity contribution in [3.8, 4) is 0 Å². The minimum absolute atomic E-state index is 0.0122. The lowest BCUT2D eigenvalue weighted by Crippen LogP contribution is -2.15. The number of aryl methyl sites for hydroxylation is 1. The van der Waals surface area contributed by atoms with E-state index >= 15 is 0 Å². The lowest BCUT2D eigenvalue weighted by Gasteiger charge is -2.10. The highest BCUT2D eigenvalue weighted by atomic mass is 32.2. The molecule has 0 heterocycles. The summed E-state index contributed by atoms with van der Waals surface area (Å²) in [5.41, 5.74) is 1.11. The molecule has 0 aliphatic rings. The molecule has 0 aromatic heterocycles. The maximum Gasteiger partial charge on any atom is 0.234 e. The summed E-state index contributed by atoms with van der Waals surface area (Å²) in [7, 11) is -3.31. The van der Waals surface area contributed by atoms with Crippen LogP contribution in [0.2, 0.25) is 0 Å². The molecular weight excluding hydrogens is 356 g/mol. The third-order valence-corrected chi connectivity index (χ3v) is 5.27. The Labute approximate surface area is 143 Å². The van der Waals surface area contributed by atoms with E-state index in [2.05, 4.69) is 5.32 Å². The Morgan fingerprint density at radius 3 is 2.42 bits per heavy atom. The van der Waals surface area contributed by atoms with Crippen LogP contribution in [0.4, 0.5) is 14.5 Å². The first-order valence-electron chi connectivity index (χ1n) is 6.85. The number of amides is 1. The second-order valence-electron chi connectivity index (χ2n) is 5.16. The van der Waals surface area contributed by atoms with Crippen LogP contribution in [-0.4, -0.2) is 26.3 Å². The van der Waals surface area contributed by atoms with Crippen molar-refractivity contribution >= 4 is 33.2 Å². The van der Waals surface area contributed by atoms with Crippen LogP contribution in [0.5, 0.6) is 0 Å². The van der Waals surface area contributed by atoms with Gasteiger partial charge in [-0.05, 0) is 48.9 Å². The van der Waals surface area contributed by atoms with Gasteiger partial charge in [0.05, 0.1) is 10.6 Å². The van der Waals surface area contributed by atoms with Gasteiger partial charge in [0.15, 0.2) is 21.5 Å². The van der Waals surface area contributed by atoms with Gasteiger partial charge in [0, 0.05) is 16.8 Å². The third-order valence-electron chi connectivity index (χ3n) is 3.16. The fourth-order valence-electron chi connectivity index (χ4n) is 1.91. The van der Waals surface area contributed by atoms with Crippen molar-refractivity contribution in [2.24, 2.45) is 0 Å². The van der Waals surface area contributed by atoms with Crippen LogP contribution >= 0.6 is 11.8 Å². The van der Waals surface area contributed by atoms with E-state index in [9.17, 15) is 22.0 Å². The Hall–Kier alpha value is -1.93. The summed E-state index contributed by atoms with van der Waals surface area (Å²) in [4.78, 5) is 12.6. The van der Waals surface area contributed by atoms with Crippen molar-refractivity contribution in [1.29, 1.82) is 0 Å². The Bertz CT molecular complexity index is 883. The second kappa shape index (κ2) is 7.31. The van der Waals surface area contributed by atoms with Crippen LogP contribution in [0, 0.1) is 18.6 Å². The SMILES string of the molecule is Cc1cc(S(C)(=O)=O)ccc1NC(=O)CSc1ccc(F)c(F)c1. The van der Waals surface area contributed by atoms with Gasteiger partial charge in [-0.15, -0.1) is 11.8 Å². The summed E-state index contributed by atoms with van der Waals surface area (Å²) in [6.07, 6.45) is 1.11. The molecule has 1 N–H and O–H groups in total. The van der Waals surface area contributed by atoms with E-state index in [-0.39, 0.29) is 16.6 Å². The zero-order valence-corrected chi connectivity index (χ0v) is 14.6. The molecule has 2 aromatic rings. The van der Waals surface area contributed by atoms with Crippen molar-refractivity contribution in [1.82, 2.24) is 0 Å². The molecule has 2 rings (SSSR count). The summed E-state index contributed by atoms with van der Waals surface area (Å²) in [6.45, 7) is 1.69. The number of hydrogen-bond donors (Lipinski definition) is 1. The molecule has 0 fully saturated rings. The molecule has 0 radical (unpaired) electrons. The molecule has 8 heteroatoms. The van der Waals surface area contributed by atoms with E-state index in [0.717, 1.165) is 30.2 Å². The summed E-state index contributed by atoms with van der Waals surface area (Å²) < 4.78 is 48.9. The number of rotatable bonds is 5. The van der Waals surface area contributed by atoms with E-state index in [1.165, 1.54) is 24.3 Å². The number of carbonyl (C=O) groups is 1. The quantitative estimate of drug-likeness (QED) is 0.818. The smallest absolute Gasteiger partial charge is 0.234 e. The molecule has 0 spiro atoms. The first-order valence-corrected chi connectivity index (χ1v) is 9.73. The van der Waals surface area contributed by atoms with Gasteiger partial charge in [0.2, 0.25) is 5.91 Å². The molecule has 0 saturated carbocycles. The Morgan fingerprint density at radius 2 is 1.83 bits per heavy atom. The van der Waals surface area contributed by atoms with Gasteiger partial charge in [0.1, 0.15) is 0 Å². The lowest BCUT2D eigenvalue weighted by molar-refractivity contribution is -0.113.